The fraction of sp³-hybridized carbons (Fsp3) is 0.158. The topological polar surface area (TPSA) is 69.2 Å². The third kappa shape index (κ3) is 4.17. The number of amides is 1. The summed E-state index contributed by atoms with van der Waals surface area (Å²) < 4.78 is 16.4. The van der Waals surface area contributed by atoms with Crippen molar-refractivity contribution >= 4 is 18.2 Å². The first-order valence-corrected chi connectivity index (χ1v) is 7.79. The fourth-order valence-corrected chi connectivity index (χ4v) is 2.32. The Morgan fingerprint density at radius 1 is 1.20 bits per heavy atom. The number of carbonyl (C=O) groups is 1. The third-order valence-electron chi connectivity index (χ3n) is 3.55. The number of methoxy groups -OCH3 is 1. The highest BCUT2D eigenvalue weighted by molar-refractivity contribution is 5.84. The Morgan fingerprint density at radius 3 is 2.80 bits per heavy atom. The number of nitrogens with zero attached hydrogens (tertiary/aromatic N) is 1. The van der Waals surface area contributed by atoms with Crippen molar-refractivity contribution < 1.29 is 19.0 Å². The maximum Gasteiger partial charge on any atom is 0.284 e. The molecule has 0 saturated heterocycles. The summed E-state index contributed by atoms with van der Waals surface area (Å²) >= 11 is 0. The number of rotatable bonds is 5. The van der Waals surface area contributed by atoms with Gasteiger partial charge in [-0.3, -0.25) is 4.79 Å². The van der Waals surface area contributed by atoms with Gasteiger partial charge in [0.25, 0.3) is 5.91 Å². The standard InChI is InChI=1S/C19H18N2O4/c1-23-15-9-3-2-7-14(15)8-6-12-20-21-19(22)18-13-24-16-10-4-5-11-17(16)25-18/h2-12,18H,13H2,1H3,(H,21,22)/b8-6+,20-12-/t18-/m1/s1. The lowest BCUT2D eigenvalue weighted by Gasteiger charge is -2.24. The van der Waals surface area contributed by atoms with Gasteiger partial charge in [-0.25, -0.2) is 5.43 Å². The van der Waals surface area contributed by atoms with Crippen molar-refractivity contribution in [1.29, 1.82) is 0 Å². The number of para-hydroxylation sites is 3. The lowest BCUT2D eigenvalue weighted by atomic mass is 10.2. The van der Waals surface area contributed by atoms with E-state index in [1.807, 2.05) is 42.5 Å². The van der Waals surface area contributed by atoms with Crippen molar-refractivity contribution in [2.75, 3.05) is 13.7 Å². The number of benzene rings is 2. The first-order chi connectivity index (χ1) is 12.3. The van der Waals surface area contributed by atoms with E-state index in [2.05, 4.69) is 10.5 Å². The van der Waals surface area contributed by atoms with Crippen molar-refractivity contribution in [3.05, 3.63) is 60.2 Å². The Bertz CT molecular complexity index is 802. The van der Waals surface area contributed by atoms with Gasteiger partial charge in [0, 0.05) is 11.8 Å². The normalized spacial score (nSPS) is 16.1. The number of ether oxygens (including phenoxy) is 3. The molecule has 25 heavy (non-hydrogen) atoms. The van der Waals surface area contributed by atoms with Crippen LogP contribution in [0.15, 0.2) is 59.7 Å². The Hall–Kier alpha value is -3.28. The number of fused-ring (bicyclic) bond motifs is 1. The molecule has 1 amide bonds. The Balaban J connectivity index is 1.52. The van der Waals surface area contributed by atoms with Crippen LogP contribution < -0.4 is 19.6 Å². The zero-order chi connectivity index (χ0) is 17.5. The summed E-state index contributed by atoms with van der Waals surface area (Å²) in [6, 6.07) is 14.8. The minimum Gasteiger partial charge on any atom is -0.496 e. The number of nitrogens with one attached hydrogen (secondary N) is 1. The number of hydrogen-bond donors (Lipinski definition) is 1. The van der Waals surface area contributed by atoms with Gasteiger partial charge in [0.1, 0.15) is 12.4 Å². The first kappa shape index (κ1) is 16.6. The van der Waals surface area contributed by atoms with Crippen LogP contribution in [0, 0.1) is 0 Å². The number of carbonyl (C=O) groups excluding carboxylic acids is 1. The minimum absolute atomic E-state index is 0.148. The second kappa shape index (κ2) is 8.01. The van der Waals surface area contributed by atoms with Gasteiger partial charge in [0.2, 0.25) is 6.10 Å². The second-order valence-corrected chi connectivity index (χ2v) is 5.22. The molecule has 0 spiro atoms. The summed E-state index contributed by atoms with van der Waals surface area (Å²) in [6.07, 6.45) is 4.31. The molecule has 2 aromatic rings. The predicted molar refractivity (Wildman–Crippen MR) is 95.0 cm³/mol. The third-order valence-corrected chi connectivity index (χ3v) is 3.55. The van der Waals surface area contributed by atoms with Crippen LogP contribution in [-0.4, -0.2) is 31.9 Å². The molecule has 6 nitrogen and oxygen atoms in total. The van der Waals surface area contributed by atoms with E-state index < -0.39 is 6.10 Å². The lowest BCUT2D eigenvalue weighted by molar-refractivity contribution is -0.130. The highest BCUT2D eigenvalue weighted by Crippen LogP contribution is 2.30. The predicted octanol–water partition coefficient (Wildman–Crippen LogP) is 2.65. The molecule has 0 aliphatic carbocycles. The molecule has 0 saturated carbocycles. The molecule has 3 rings (SSSR count). The van der Waals surface area contributed by atoms with Crippen molar-refractivity contribution in [2.45, 2.75) is 6.10 Å². The number of hydrogen-bond acceptors (Lipinski definition) is 5. The lowest BCUT2D eigenvalue weighted by Crippen LogP contribution is -2.42. The molecule has 1 aliphatic rings. The maximum atomic E-state index is 12.1. The fourth-order valence-electron chi connectivity index (χ4n) is 2.32. The van der Waals surface area contributed by atoms with E-state index in [0.717, 1.165) is 11.3 Å². The Labute approximate surface area is 145 Å². The van der Waals surface area contributed by atoms with E-state index in [-0.39, 0.29) is 12.5 Å². The first-order valence-electron chi connectivity index (χ1n) is 7.79. The molecule has 1 N–H and O–H groups in total. The van der Waals surface area contributed by atoms with Crippen molar-refractivity contribution in [3.8, 4) is 17.2 Å². The molecule has 6 heteroatoms. The highest BCUT2D eigenvalue weighted by atomic mass is 16.6. The average Bonchev–Trinajstić information content (AvgIpc) is 2.67. The van der Waals surface area contributed by atoms with Gasteiger partial charge in [0.05, 0.1) is 7.11 Å². The summed E-state index contributed by atoms with van der Waals surface area (Å²) in [5.41, 5.74) is 3.36. The maximum absolute atomic E-state index is 12.1. The van der Waals surface area contributed by atoms with Gasteiger partial charge in [-0.1, -0.05) is 30.3 Å². The van der Waals surface area contributed by atoms with E-state index in [0.29, 0.717) is 11.5 Å². The number of hydrazone groups is 1. The van der Waals surface area contributed by atoms with Crippen molar-refractivity contribution in [3.63, 3.8) is 0 Å². The van der Waals surface area contributed by atoms with Crippen LogP contribution in [0.2, 0.25) is 0 Å². The van der Waals surface area contributed by atoms with Crippen LogP contribution in [0.25, 0.3) is 6.08 Å². The molecular weight excluding hydrogens is 320 g/mol. The molecule has 1 aliphatic heterocycles. The molecule has 1 atom stereocenters. The van der Waals surface area contributed by atoms with Crippen LogP contribution in [0.5, 0.6) is 17.2 Å². The average molecular weight is 338 g/mol. The number of allylic oxidation sites excluding steroid dienone is 1. The van der Waals surface area contributed by atoms with Gasteiger partial charge < -0.3 is 14.2 Å². The molecule has 0 bridgehead atoms. The molecular formula is C19H18N2O4. The van der Waals surface area contributed by atoms with Crippen LogP contribution in [0.1, 0.15) is 5.56 Å². The second-order valence-electron chi connectivity index (χ2n) is 5.22. The minimum atomic E-state index is -0.731. The quantitative estimate of drug-likeness (QED) is 0.672. The zero-order valence-corrected chi connectivity index (χ0v) is 13.7. The van der Waals surface area contributed by atoms with Crippen LogP contribution in [0.3, 0.4) is 0 Å². The van der Waals surface area contributed by atoms with E-state index >= 15 is 0 Å². The molecule has 0 unspecified atom stereocenters. The van der Waals surface area contributed by atoms with E-state index in [1.165, 1.54) is 6.21 Å². The van der Waals surface area contributed by atoms with Crippen LogP contribution in [-0.2, 0) is 4.79 Å². The Kier molecular flexibility index (Phi) is 5.31. The van der Waals surface area contributed by atoms with Gasteiger partial charge in [-0.05, 0) is 30.4 Å². The largest absolute Gasteiger partial charge is 0.496 e. The van der Waals surface area contributed by atoms with Crippen molar-refractivity contribution in [2.24, 2.45) is 5.10 Å². The summed E-state index contributed by atoms with van der Waals surface area (Å²) in [5, 5.41) is 3.89. The molecule has 1 heterocycles. The monoisotopic (exact) mass is 338 g/mol. The zero-order valence-electron chi connectivity index (χ0n) is 13.7. The van der Waals surface area contributed by atoms with E-state index in [4.69, 9.17) is 14.2 Å². The molecule has 0 fully saturated rings. The molecule has 128 valence electrons. The van der Waals surface area contributed by atoms with Gasteiger partial charge in [-0.2, -0.15) is 5.10 Å². The molecule has 0 aromatic heterocycles. The molecule has 0 radical (unpaired) electrons. The van der Waals surface area contributed by atoms with Gasteiger partial charge in [-0.15, -0.1) is 0 Å². The SMILES string of the molecule is COc1ccccc1/C=C/C=N\NC(=O)[C@H]1COc2ccccc2O1. The summed E-state index contributed by atoms with van der Waals surface area (Å²) in [7, 11) is 1.62. The van der Waals surface area contributed by atoms with Gasteiger partial charge in [0.15, 0.2) is 11.5 Å². The van der Waals surface area contributed by atoms with Crippen LogP contribution >= 0.6 is 0 Å². The smallest absolute Gasteiger partial charge is 0.284 e. The summed E-state index contributed by atoms with van der Waals surface area (Å²) in [6.45, 7) is 0.148. The summed E-state index contributed by atoms with van der Waals surface area (Å²) in [4.78, 5) is 12.1. The van der Waals surface area contributed by atoms with E-state index in [9.17, 15) is 4.79 Å². The van der Waals surface area contributed by atoms with Crippen LogP contribution in [0.4, 0.5) is 0 Å². The van der Waals surface area contributed by atoms with Crippen molar-refractivity contribution in [1.82, 2.24) is 5.43 Å². The van der Waals surface area contributed by atoms with E-state index in [1.54, 1.807) is 25.3 Å². The molecule has 2 aromatic carbocycles. The Morgan fingerprint density at radius 2 is 1.96 bits per heavy atom. The highest BCUT2D eigenvalue weighted by Gasteiger charge is 2.26. The van der Waals surface area contributed by atoms with Gasteiger partial charge >= 0.3 is 0 Å². The summed E-state index contributed by atoms with van der Waals surface area (Å²) in [5.74, 6) is 1.59.